The zero-order chi connectivity index (χ0) is 11.2. The molecule has 0 atom stereocenters. The lowest BCUT2D eigenvalue weighted by Crippen LogP contribution is -2.41. The van der Waals surface area contributed by atoms with E-state index in [-0.39, 0.29) is 0 Å². The third kappa shape index (κ3) is 4.78. The summed E-state index contributed by atoms with van der Waals surface area (Å²) in [5, 5.41) is 9.25. The molecule has 0 aliphatic carbocycles. The maximum absolute atomic E-state index is 9.25. The molecule has 0 aromatic rings. The van der Waals surface area contributed by atoms with Gasteiger partial charge in [0.2, 0.25) is 0 Å². The third-order valence-electron chi connectivity index (χ3n) is 2.01. The minimum Gasteiger partial charge on any atom is -0.400 e. The summed E-state index contributed by atoms with van der Waals surface area (Å²) < 4.78 is 6.03. The van der Waals surface area contributed by atoms with E-state index in [1.807, 2.05) is 0 Å². The monoisotopic (exact) mass is 213 g/mol. The van der Waals surface area contributed by atoms with Crippen molar-refractivity contribution < 1.29 is 4.43 Å². The van der Waals surface area contributed by atoms with Gasteiger partial charge in [0.1, 0.15) is 5.60 Å². The van der Waals surface area contributed by atoms with Crippen molar-refractivity contribution in [2.45, 2.75) is 64.8 Å². The van der Waals surface area contributed by atoms with E-state index in [9.17, 15) is 5.26 Å². The van der Waals surface area contributed by atoms with Crippen LogP contribution in [0, 0.1) is 11.3 Å². The summed E-state index contributed by atoms with van der Waals surface area (Å²) in [6.07, 6.45) is 3.75. The lowest BCUT2D eigenvalue weighted by molar-refractivity contribution is 0.0980. The molecule has 0 bridgehead atoms. The minimum absolute atomic E-state index is 0.506. The first kappa shape index (κ1) is 13.7. The Labute approximate surface area is 89.4 Å². The maximum Gasteiger partial charge on any atom is 0.185 e. The molecule has 0 aliphatic heterocycles. The summed E-state index contributed by atoms with van der Waals surface area (Å²) in [5.41, 5.74) is -0.506. The molecule has 0 rings (SSSR count). The second-order valence-electron chi connectivity index (χ2n) is 4.82. The van der Waals surface area contributed by atoms with Gasteiger partial charge in [-0.05, 0) is 32.5 Å². The van der Waals surface area contributed by atoms with Gasteiger partial charge >= 0.3 is 0 Å². The van der Waals surface area contributed by atoms with Gasteiger partial charge in [-0.2, -0.15) is 5.26 Å². The maximum atomic E-state index is 9.25. The van der Waals surface area contributed by atoms with E-state index < -0.39 is 13.9 Å². The molecule has 14 heavy (non-hydrogen) atoms. The lowest BCUT2D eigenvalue weighted by Gasteiger charge is -2.33. The SMILES string of the molecule is CCCC(C#N)(CCC)O[Si](C)(C)C. The molecule has 3 heteroatoms. The highest BCUT2D eigenvalue weighted by Gasteiger charge is 2.34. The van der Waals surface area contributed by atoms with Crippen LogP contribution in [-0.4, -0.2) is 13.9 Å². The average molecular weight is 213 g/mol. The summed E-state index contributed by atoms with van der Waals surface area (Å²) >= 11 is 0. The van der Waals surface area contributed by atoms with Crippen molar-refractivity contribution in [2.75, 3.05) is 0 Å². The van der Waals surface area contributed by atoms with Crippen LogP contribution in [0.25, 0.3) is 0 Å². The van der Waals surface area contributed by atoms with Gasteiger partial charge in [-0.25, -0.2) is 0 Å². The van der Waals surface area contributed by atoms with E-state index in [2.05, 4.69) is 39.6 Å². The Balaban J connectivity index is 4.59. The molecule has 0 aromatic carbocycles. The molecule has 0 N–H and O–H groups in total. The number of nitriles is 1. The second kappa shape index (κ2) is 5.52. The van der Waals surface area contributed by atoms with Crippen molar-refractivity contribution >= 4 is 8.32 Å². The van der Waals surface area contributed by atoms with Crippen LogP contribution in [0.5, 0.6) is 0 Å². The topological polar surface area (TPSA) is 33.0 Å². The van der Waals surface area contributed by atoms with Crippen molar-refractivity contribution in [3.05, 3.63) is 0 Å². The largest absolute Gasteiger partial charge is 0.400 e. The number of nitrogens with zero attached hydrogens (tertiary/aromatic N) is 1. The van der Waals surface area contributed by atoms with Crippen LogP contribution >= 0.6 is 0 Å². The molecule has 0 spiro atoms. The van der Waals surface area contributed by atoms with Crippen LogP contribution in [0.15, 0.2) is 0 Å². The molecule has 0 aromatic heterocycles. The van der Waals surface area contributed by atoms with Crippen LogP contribution in [0.3, 0.4) is 0 Å². The van der Waals surface area contributed by atoms with Gasteiger partial charge in [0.05, 0.1) is 6.07 Å². The predicted octanol–water partition coefficient (Wildman–Crippen LogP) is 3.70. The van der Waals surface area contributed by atoms with E-state index in [0.717, 1.165) is 25.7 Å². The van der Waals surface area contributed by atoms with E-state index in [0.29, 0.717) is 0 Å². The van der Waals surface area contributed by atoms with Crippen LogP contribution in [0.2, 0.25) is 19.6 Å². The van der Waals surface area contributed by atoms with Crippen molar-refractivity contribution in [3.63, 3.8) is 0 Å². The molecule has 2 nitrogen and oxygen atoms in total. The molecule has 0 amide bonds. The molecular weight excluding hydrogens is 190 g/mol. The third-order valence-corrected chi connectivity index (χ3v) is 3.02. The second-order valence-corrected chi connectivity index (χ2v) is 9.25. The number of rotatable bonds is 6. The quantitative estimate of drug-likeness (QED) is 0.630. The molecule has 0 saturated heterocycles. The fourth-order valence-electron chi connectivity index (χ4n) is 1.76. The Kier molecular flexibility index (Phi) is 5.39. The molecular formula is C11H23NOSi. The van der Waals surface area contributed by atoms with Gasteiger partial charge in [-0.15, -0.1) is 0 Å². The van der Waals surface area contributed by atoms with E-state index in [1.54, 1.807) is 0 Å². The standard InChI is InChI=1S/C11H23NOSi/c1-6-8-11(10-12,9-7-2)13-14(3,4)5/h6-9H2,1-5H3. The van der Waals surface area contributed by atoms with Gasteiger partial charge in [0.15, 0.2) is 8.32 Å². The van der Waals surface area contributed by atoms with Gasteiger partial charge in [-0.1, -0.05) is 26.7 Å². The van der Waals surface area contributed by atoms with Crippen LogP contribution in [-0.2, 0) is 4.43 Å². The van der Waals surface area contributed by atoms with E-state index >= 15 is 0 Å². The van der Waals surface area contributed by atoms with Crippen molar-refractivity contribution in [2.24, 2.45) is 0 Å². The van der Waals surface area contributed by atoms with Gasteiger partial charge in [0.25, 0.3) is 0 Å². The molecule has 0 heterocycles. The molecule has 82 valence electrons. The summed E-state index contributed by atoms with van der Waals surface area (Å²) in [6, 6.07) is 2.39. The van der Waals surface area contributed by atoms with Gasteiger partial charge in [-0.3, -0.25) is 0 Å². The van der Waals surface area contributed by atoms with E-state index in [1.165, 1.54) is 0 Å². The van der Waals surface area contributed by atoms with Gasteiger partial charge in [0, 0.05) is 0 Å². The van der Waals surface area contributed by atoms with Crippen LogP contribution in [0.4, 0.5) is 0 Å². The Morgan fingerprint density at radius 2 is 1.57 bits per heavy atom. The summed E-state index contributed by atoms with van der Waals surface area (Å²) in [7, 11) is -1.61. The lowest BCUT2D eigenvalue weighted by atomic mass is 9.95. The first-order valence-corrected chi connectivity index (χ1v) is 8.91. The predicted molar refractivity (Wildman–Crippen MR) is 62.6 cm³/mol. The Hall–Kier alpha value is -0.333. The van der Waals surface area contributed by atoms with Crippen LogP contribution < -0.4 is 0 Å². The summed E-state index contributed by atoms with van der Waals surface area (Å²) in [4.78, 5) is 0. The zero-order valence-electron chi connectivity index (χ0n) is 10.2. The highest BCUT2D eigenvalue weighted by Crippen LogP contribution is 2.27. The average Bonchev–Trinajstić information content (AvgIpc) is 2.02. The Morgan fingerprint density at radius 3 is 1.79 bits per heavy atom. The van der Waals surface area contributed by atoms with Gasteiger partial charge < -0.3 is 4.43 Å². The highest BCUT2D eigenvalue weighted by molar-refractivity contribution is 6.69. The first-order chi connectivity index (χ1) is 6.39. The molecule has 0 aliphatic rings. The minimum atomic E-state index is -1.61. The Bertz CT molecular complexity index is 196. The first-order valence-electron chi connectivity index (χ1n) is 5.50. The molecule has 0 unspecified atom stereocenters. The van der Waals surface area contributed by atoms with Crippen molar-refractivity contribution in [1.29, 1.82) is 5.26 Å². The highest BCUT2D eigenvalue weighted by atomic mass is 28.4. The zero-order valence-corrected chi connectivity index (χ0v) is 11.2. The normalized spacial score (nSPS) is 12.6. The van der Waals surface area contributed by atoms with Crippen LogP contribution in [0.1, 0.15) is 39.5 Å². The van der Waals surface area contributed by atoms with Crippen molar-refractivity contribution in [1.82, 2.24) is 0 Å². The smallest absolute Gasteiger partial charge is 0.185 e. The molecule has 0 fully saturated rings. The van der Waals surface area contributed by atoms with Crippen molar-refractivity contribution in [3.8, 4) is 6.07 Å². The Morgan fingerprint density at radius 1 is 1.14 bits per heavy atom. The van der Waals surface area contributed by atoms with E-state index in [4.69, 9.17) is 4.43 Å². The number of hydrogen-bond donors (Lipinski definition) is 0. The fourth-order valence-corrected chi connectivity index (χ4v) is 3.18. The molecule has 0 saturated carbocycles. The molecule has 0 radical (unpaired) electrons. The summed E-state index contributed by atoms with van der Waals surface area (Å²) in [5.74, 6) is 0. The summed E-state index contributed by atoms with van der Waals surface area (Å²) in [6.45, 7) is 10.6. The number of hydrogen-bond acceptors (Lipinski definition) is 2. The fraction of sp³-hybridized carbons (Fsp3) is 0.909.